The van der Waals surface area contributed by atoms with Crippen LogP contribution in [0.5, 0.6) is 0 Å². The zero-order valence-electron chi connectivity index (χ0n) is 12.3. The third-order valence-electron chi connectivity index (χ3n) is 4.72. The number of hydrogen-bond acceptors (Lipinski definition) is 5. The van der Waals surface area contributed by atoms with Crippen molar-refractivity contribution >= 4 is 9.84 Å². The molecule has 20 heavy (non-hydrogen) atoms. The molecule has 0 saturated carbocycles. The molecule has 2 rings (SSSR count). The lowest BCUT2D eigenvalue weighted by atomic mass is 9.67. The summed E-state index contributed by atoms with van der Waals surface area (Å²) in [6.07, 6.45) is 1.25. The Labute approximate surface area is 121 Å². The first-order chi connectivity index (χ1) is 9.22. The summed E-state index contributed by atoms with van der Waals surface area (Å²) in [5, 5.41) is 20.4. The fraction of sp³-hybridized carbons (Fsp3) is 0.929. The van der Waals surface area contributed by atoms with Crippen LogP contribution in [0.1, 0.15) is 33.1 Å². The minimum atomic E-state index is -3.18. The Morgan fingerprint density at radius 2 is 1.90 bits per heavy atom. The van der Waals surface area contributed by atoms with Crippen molar-refractivity contribution in [3.63, 3.8) is 0 Å². The quantitative estimate of drug-likeness (QED) is 0.833. The van der Waals surface area contributed by atoms with Gasteiger partial charge in [-0.15, -0.1) is 0 Å². The highest BCUT2D eigenvalue weighted by molar-refractivity contribution is 7.91. The highest BCUT2D eigenvalue weighted by Crippen LogP contribution is 2.46. The van der Waals surface area contributed by atoms with E-state index in [1.807, 2.05) is 0 Å². The molecule has 2 aliphatic heterocycles. The summed E-state index contributed by atoms with van der Waals surface area (Å²) in [5.74, 6) is 0.411. The fourth-order valence-corrected chi connectivity index (χ4v) is 5.54. The van der Waals surface area contributed by atoms with Crippen molar-refractivity contribution in [2.24, 2.45) is 11.3 Å². The molecule has 0 bridgehead atoms. The average molecular weight is 300 g/mol. The molecule has 114 valence electrons. The first-order valence-electron chi connectivity index (χ1n) is 7.28. The monoisotopic (exact) mass is 300 g/mol. The molecule has 1 N–H and O–H groups in total. The zero-order valence-corrected chi connectivity index (χ0v) is 13.1. The van der Waals surface area contributed by atoms with Crippen molar-refractivity contribution in [1.82, 2.24) is 4.90 Å². The molecule has 5 nitrogen and oxygen atoms in total. The molecule has 0 spiro atoms. The van der Waals surface area contributed by atoms with Crippen LogP contribution in [-0.2, 0) is 9.84 Å². The van der Waals surface area contributed by atoms with E-state index in [1.54, 1.807) is 0 Å². The Hall–Kier alpha value is -0.640. The standard InChI is InChI=1S/C14H24N2O3S/c1-12(2)9-16-6-3-14(17,4-7-16)13(10-15)5-8-20(18,19)11-13/h12,17H,3-9,11H2,1-2H3. The maximum atomic E-state index is 11.7. The Kier molecular flexibility index (Phi) is 4.16. The third-order valence-corrected chi connectivity index (χ3v) is 6.48. The van der Waals surface area contributed by atoms with Crippen molar-refractivity contribution in [2.45, 2.75) is 38.7 Å². The Balaban J connectivity index is 2.11. The zero-order chi connectivity index (χ0) is 15.0. The van der Waals surface area contributed by atoms with E-state index in [-0.39, 0.29) is 17.9 Å². The third kappa shape index (κ3) is 2.85. The topological polar surface area (TPSA) is 81.4 Å². The highest BCUT2D eigenvalue weighted by Gasteiger charge is 2.57. The Bertz CT molecular complexity index is 501. The van der Waals surface area contributed by atoms with Gasteiger partial charge in [0, 0.05) is 19.6 Å². The minimum absolute atomic E-state index is 0.0264. The first kappa shape index (κ1) is 15.7. The van der Waals surface area contributed by atoms with Crippen molar-refractivity contribution in [3.8, 4) is 6.07 Å². The lowest BCUT2D eigenvalue weighted by Gasteiger charge is -2.45. The molecule has 2 aliphatic rings. The molecule has 0 amide bonds. The maximum Gasteiger partial charge on any atom is 0.152 e. The van der Waals surface area contributed by atoms with Gasteiger partial charge < -0.3 is 10.0 Å². The smallest absolute Gasteiger partial charge is 0.152 e. The van der Waals surface area contributed by atoms with Crippen molar-refractivity contribution < 1.29 is 13.5 Å². The molecule has 0 aromatic heterocycles. The van der Waals surface area contributed by atoms with E-state index >= 15 is 0 Å². The van der Waals surface area contributed by atoms with Crippen LogP contribution in [0.25, 0.3) is 0 Å². The molecule has 6 heteroatoms. The lowest BCUT2D eigenvalue weighted by Crippen LogP contribution is -2.55. The van der Waals surface area contributed by atoms with Gasteiger partial charge in [0.2, 0.25) is 0 Å². The highest BCUT2D eigenvalue weighted by atomic mass is 32.2. The lowest BCUT2D eigenvalue weighted by molar-refractivity contribution is -0.0885. The van der Waals surface area contributed by atoms with Crippen LogP contribution in [0.4, 0.5) is 0 Å². The largest absolute Gasteiger partial charge is 0.388 e. The van der Waals surface area contributed by atoms with Crippen molar-refractivity contribution in [3.05, 3.63) is 0 Å². The molecular formula is C14H24N2O3S. The maximum absolute atomic E-state index is 11.7. The van der Waals surface area contributed by atoms with E-state index in [4.69, 9.17) is 0 Å². The molecule has 2 heterocycles. The van der Waals surface area contributed by atoms with E-state index in [2.05, 4.69) is 24.8 Å². The molecule has 2 fully saturated rings. The van der Waals surface area contributed by atoms with Gasteiger partial charge >= 0.3 is 0 Å². The average Bonchev–Trinajstić information content (AvgIpc) is 2.69. The van der Waals surface area contributed by atoms with Gasteiger partial charge in [0.1, 0.15) is 5.41 Å². The molecule has 1 unspecified atom stereocenters. The van der Waals surface area contributed by atoms with Crippen LogP contribution in [0, 0.1) is 22.7 Å². The molecule has 0 aliphatic carbocycles. The normalized spacial score (nSPS) is 33.1. The van der Waals surface area contributed by atoms with Gasteiger partial charge in [0.05, 0.1) is 23.2 Å². The number of rotatable bonds is 3. The van der Waals surface area contributed by atoms with Gasteiger partial charge in [-0.25, -0.2) is 8.42 Å². The summed E-state index contributed by atoms with van der Waals surface area (Å²) in [6, 6.07) is 2.15. The van der Waals surface area contributed by atoms with Gasteiger partial charge in [-0.05, 0) is 25.2 Å². The molecule has 0 aromatic carbocycles. The van der Waals surface area contributed by atoms with Gasteiger partial charge in [-0.3, -0.25) is 0 Å². The van der Waals surface area contributed by atoms with Gasteiger partial charge in [0.15, 0.2) is 9.84 Å². The molecular weight excluding hydrogens is 276 g/mol. The van der Waals surface area contributed by atoms with E-state index in [1.165, 1.54) is 0 Å². The predicted octanol–water partition coefficient (Wildman–Crippen LogP) is 0.798. The van der Waals surface area contributed by atoms with Crippen LogP contribution in [0.15, 0.2) is 0 Å². The second-order valence-corrected chi connectivity index (χ2v) is 8.95. The van der Waals surface area contributed by atoms with Gasteiger partial charge in [0.25, 0.3) is 0 Å². The minimum Gasteiger partial charge on any atom is -0.388 e. The number of aliphatic hydroxyl groups is 1. The molecule has 0 radical (unpaired) electrons. The van der Waals surface area contributed by atoms with Crippen molar-refractivity contribution in [2.75, 3.05) is 31.1 Å². The molecule has 0 aromatic rings. The van der Waals surface area contributed by atoms with Gasteiger partial charge in [-0.2, -0.15) is 5.26 Å². The van der Waals surface area contributed by atoms with E-state index in [9.17, 15) is 18.8 Å². The van der Waals surface area contributed by atoms with Crippen LogP contribution in [0.2, 0.25) is 0 Å². The summed E-state index contributed by atoms with van der Waals surface area (Å²) >= 11 is 0. The van der Waals surface area contributed by atoms with Crippen LogP contribution < -0.4 is 0 Å². The fourth-order valence-electron chi connectivity index (χ4n) is 3.51. The van der Waals surface area contributed by atoms with Gasteiger partial charge in [-0.1, -0.05) is 13.8 Å². The van der Waals surface area contributed by atoms with Crippen LogP contribution in [0.3, 0.4) is 0 Å². The summed E-state index contributed by atoms with van der Waals surface area (Å²) in [4.78, 5) is 2.29. The first-order valence-corrected chi connectivity index (χ1v) is 9.11. The molecule has 1 atom stereocenters. The second-order valence-electron chi connectivity index (χ2n) is 6.76. The van der Waals surface area contributed by atoms with Crippen LogP contribution >= 0.6 is 0 Å². The summed E-state index contributed by atoms with van der Waals surface area (Å²) in [6.45, 7) is 6.76. The van der Waals surface area contributed by atoms with Crippen LogP contribution in [-0.4, -0.2) is 55.2 Å². The van der Waals surface area contributed by atoms with E-state index < -0.39 is 20.9 Å². The number of nitrogens with zero attached hydrogens (tertiary/aromatic N) is 2. The van der Waals surface area contributed by atoms with Crippen molar-refractivity contribution in [1.29, 1.82) is 5.26 Å². The summed E-state index contributed by atoms with van der Waals surface area (Å²) in [5.41, 5.74) is -2.26. The predicted molar refractivity (Wildman–Crippen MR) is 76.8 cm³/mol. The number of sulfone groups is 1. The SMILES string of the molecule is CC(C)CN1CCC(O)(C2(C#N)CCS(=O)(=O)C2)CC1. The Morgan fingerprint density at radius 3 is 2.30 bits per heavy atom. The second kappa shape index (κ2) is 5.28. The summed E-state index contributed by atoms with van der Waals surface area (Å²) in [7, 11) is -3.18. The number of nitriles is 1. The number of piperidine rings is 1. The van der Waals surface area contributed by atoms with E-state index in [0.29, 0.717) is 18.8 Å². The number of likely N-dealkylation sites (tertiary alicyclic amines) is 1. The summed E-state index contributed by atoms with van der Waals surface area (Å²) < 4.78 is 23.5. The Morgan fingerprint density at radius 1 is 1.30 bits per heavy atom. The number of hydrogen-bond donors (Lipinski definition) is 1. The van der Waals surface area contributed by atoms with E-state index in [0.717, 1.165) is 19.6 Å². The molecule has 2 saturated heterocycles.